The van der Waals surface area contributed by atoms with Crippen molar-refractivity contribution < 1.29 is 4.42 Å². The summed E-state index contributed by atoms with van der Waals surface area (Å²) in [5.74, 6) is 4.42. The first-order chi connectivity index (χ1) is 33.1. The molecule has 0 saturated heterocycles. The van der Waals surface area contributed by atoms with Crippen LogP contribution in [0, 0.1) is 20.8 Å². The fourth-order valence-electron chi connectivity index (χ4n) is 7.85. The second kappa shape index (κ2) is 20.0. The van der Waals surface area contributed by atoms with E-state index in [0.717, 1.165) is 78.8 Å². The third-order valence-electron chi connectivity index (χ3n) is 11.7. The minimum atomic E-state index is 0.588. The van der Waals surface area contributed by atoms with Crippen molar-refractivity contribution in [2.45, 2.75) is 48.0 Å². The highest BCUT2D eigenvalue weighted by atomic mass is 16.3. The van der Waals surface area contributed by atoms with Crippen LogP contribution in [0.1, 0.15) is 61.0 Å². The van der Waals surface area contributed by atoms with Crippen LogP contribution in [0.5, 0.6) is 0 Å². The summed E-state index contributed by atoms with van der Waals surface area (Å²) in [6.07, 6.45) is 13.1. The summed E-state index contributed by atoms with van der Waals surface area (Å²) in [6, 6.07) is 49.9. The molecule has 68 heavy (non-hydrogen) atoms. The SMILES string of the molecule is C=CC(=CCC=C(C)C)c1nc(-c2ccc(C)cc2)nc(-c2cccc(-c3ccc4oc(/C=C\C(=C/C)c5cccc(-c6nc(-c7ccc(C)cc7)nc(-c7ccc(C)cc7)n6)c5)cc4c3)c2)n1. The van der Waals surface area contributed by atoms with Gasteiger partial charge in [-0.2, -0.15) is 0 Å². The number of rotatable bonds is 13. The van der Waals surface area contributed by atoms with Crippen LogP contribution >= 0.6 is 0 Å². The maximum absolute atomic E-state index is 6.37. The van der Waals surface area contributed by atoms with Crippen molar-refractivity contribution in [1.82, 2.24) is 29.9 Å². The Morgan fingerprint density at radius 3 is 1.54 bits per heavy atom. The van der Waals surface area contributed by atoms with E-state index in [1.807, 2.05) is 43.3 Å². The molecule has 6 aromatic carbocycles. The molecule has 0 radical (unpaired) electrons. The molecule has 0 amide bonds. The van der Waals surface area contributed by atoms with Gasteiger partial charge >= 0.3 is 0 Å². The number of furan rings is 1. The largest absolute Gasteiger partial charge is 0.457 e. The van der Waals surface area contributed by atoms with Crippen LogP contribution in [0.3, 0.4) is 0 Å². The van der Waals surface area contributed by atoms with Gasteiger partial charge in [0.05, 0.1) is 0 Å². The van der Waals surface area contributed by atoms with Crippen molar-refractivity contribution in [3.05, 3.63) is 222 Å². The van der Waals surface area contributed by atoms with Gasteiger partial charge in [0.1, 0.15) is 11.3 Å². The summed E-state index contributed by atoms with van der Waals surface area (Å²) in [4.78, 5) is 29.8. The van der Waals surface area contributed by atoms with Gasteiger partial charge in [-0.15, -0.1) is 0 Å². The Labute approximate surface area is 398 Å². The summed E-state index contributed by atoms with van der Waals surface area (Å²) in [5.41, 5.74) is 15.2. The predicted octanol–water partition coefficient (Wildman–Crippen LogP) is 15.8. The van der Waals surface area contributed by atoms with E-state index in [4.69, 9.17) is 34.3 Å². The smallest absolute Gasteiger partial charge is 0.164 e. The molecule has 0 aliphatic rings. The number of hydrogen-bond donors (Lipinski definition) is 0. The molecule has 332 valence electrons. The molecule has 0 bridgehead atoms. The fraction of sp³-hybridized carbons (Fsp3) is 0.115. The van der Waals surface area contributed by atoms with Crippen LogP contribution in [-0.2, 0) is 0 Å². The number of aromatic nitrogens is 6. The van der Waals surface area contributed by atoms with Crippen LogP contribution < -0.4 is 0 Å². The minimum Gasteiger partial charge on any atom is -0.457 e. The Morgan fingerprint density at radius 1 is 0.500 bits per heavy atom. The van der Waals surface area contributed by atoms with E-state index < -0.39 is 0 Å². The predicted molar refractivity (Wildman–Crippen MR) is 281 cm³/mol. The van der Waals surface area contributed by atoms with E-state index >= 15 is 0 Å². The van der Waals surface area contributed by atoms with Crippen molar-refractivity contribution in [1.29, 1.82) is 0 Å². The second-order valence-corrected chi connectivity index (χ2v) is 17.2. The van der Waals surface area contributed by atoms with Crippen molar-refractivity contribution in [2.75, 3.05) is 0 Å². The third-order valence-corrected chi connectivity index (χ3v) is 11.7. The minimum absolute atomic E-state index is 0.588. The van der Waals surface area contributed by atoms with E-state index in [2.05, 4.69) is 187 Å². The number of fused-ring (bicyclic) bond motifs is 1. The van der Waals surface area contributed by atoms with Gasteiger partial charge in [0.2, 0.25) is 0 Å². The molecule has 0 aliphatic carbocycles. The molecule has 0 unspecified atom stereocenters. The van der Waals surface area contributed by atoms with Gasteiger partial charge in [-0.05, 0) is 107 Å². The fourth-order valence-corrected chi connectivity index (χ4v) is 7.85. The van der Waals surface area contributed by atoms with Crippen LogP contribution in [0.25, 0.3) is 96.3 Å². The third kappa shape index (κ3) is 10.3. The van der Waals surface area contributed by atoms with E-state index in [1.165, 1.54) is 22.3 Å². The zero-order chi connectivity index (χ0) is 47.1. The quantitative estimate of drug-likeness (QED) is 0.0841. The summed E-state index contributed by atoms with van der Waals surface area (Å²) < 4.78 is 6.37. The average Bonchev–Trinajstić information content (AvgIpc) is 3.78. The van der Waals surface area contributed by atoms with Gasteiger partial charge in [0, 0.05) is 38.8 Å². The first kappa shape index (κ1) is 44.8. The highest BCUT2D eigenvalue weighted by Gasteiger charge is 2.16. The second-order valence-electron chi connectivity index (χ2n) is 17.2. The Kier molecular flexibility index (Phi) is 13.2. The van der Waals surface area contributed by atoms with E-state index in [1.54, 1.807) is 0 Å². The van der Waals surface area contributed by atoms with E-state index in [0.29, 0.717) is 34.9 Å². The molecule has 9 aromatic rings. The van der Waals surface area contributed by atoms with Crippen molar-refractivity contribution in [3.63, 3.8) is 0 Å². The van der Waals surface area contributed by atoms with Gasteiger partial charge in [-0.25, -0.2) is 29.9 Å². The van der Waals surface area contributed by atoms with Crippen molar-refractivity contribution in [3.8, 4) is 68.1 Å². The average molecular weight is 885 g/mol. The normalized spacial score (nSPS) is 11.9. The van der Waals surface area contributed by atoms with Gasteiger partial charge < -0.3 is 4.42 Å². The lowest BCUT2D eigenvalue weighted by Crippen LogP contribution is -2.02. The molecule has 0 atom stereocenters. The Hall–Kier alpha value is -8.42. The molecule has 0 spiro atoms. The summed E-state index contributed by atoms with van der Waals surface area (Å²) in [5, 5.41) is 1.00. The van der Waals surface area contributed by atoms with Gasteiger partial charge in [-0.1, -0.05) is 174 Å². The molecular formula is C61H52N6O. The van der Waals surface area contributed by atoms with Crippen LogP contribution in [0.2, 0.25) is 0 Å². The molecule has 3 aromatic heterocycles. The molecule has 7 heteroatoms. The lowest BCUT2D eigenvalue weighted by molar-refractivity contribution is 0.604. The molecule has 0 saturated carbocycles. The van der Waals surface area contributed by atoms with E-state index in [-0.39, 0.29) is 0 Å². The van der Waals surface area contributed by atoms with Gasteiger partial charge in [0.15, 0.2) is 34.9 Å². The molecule has 3 heterocycles. The molecule has 0 N–H and O–H groups in total. The van der Waals surface area contributed by atoms with Crippen LogP contribution in [0.15, 0.2) is 193 Å². The summed E-state index contributed by atoms with van der Waals surface area (Å²) in [6.45, 7) is 16.6. The first-order valence-electron chi connectivity index (χ1n) is 22.9. The van der Waals surface area contributed by atoms with E-state index in [9.17, 15) is 0 Å². The van der Waals surface area contributed by atoms with Crippen LogP contribution in [-0.4, -0.2) is 29.9 Å². The molecular weight excluding hydrogens is 833 g/mol. The number of benzene rings is 6. The highest BCUT2D eigenvalue weighted by Crippen LogP contribution is 2.33. The Balaban J connectivity index is 0.992. The molecule has 9 rings (SSSR count). The van der Waals surface area contributed by atoms with Crippen LogP contribution in [0.4, 0.5) is 0 Å². The first-order valence-corrected chi connectivity index (χ1v) is 22.9. The summed E-state index contributed by atoms with van der Waals surface area (Å²) in [7, 11) is 0. The number of aryl methyl sites for hydroxylation is 3. The maximum Gasteiger partial charge on any atom is 0.164 e. The number of nitrogens with zero attached hydrogens (tertiary/aromatic N) is 6. The lowest BCUT2D eigenvalue weighted by atomic mass is 10.0. The maximum atomic E-state index is 6.37. The summed E-state index contributed by atoms with van der Waals surface area (Å²) >= 11 is 0. The Morgan fingerprint density at radius 2 is 0.985 bits per heavy atom. The molecule has 0 aliphatic heterocycles. The number of allylic oxidation sites excluding steroid dienone is 8. The standard InChI is InChI=1S/C61H52N6O/c1-8-43(48-15-11-17-51(35-48)61-66-58(46-27-21-41(6)22-28-46)64-59(67-61)47-29-23-42(7)24-30-47)31-33-54-38-53-37-50(32-34-55(53)68-54)49-16-12-18-52(36-49)60-63-56(44(9-2)14-10-13-39(3)4)62-57(65-60)45-25-19-40(5)20-26-45/h8-9,11-38H,2,10H2,1,3-7H3/b33-31-,43-8+,44-14?. The zero-order valence-electron chi connectivity index (χ0n) is 39.3. The van der Waals surface area contributed by atoms with Crippen molar-refractivity contribution in [2.24, 2.45) is 0 Å². The number of hydrogen-bond acceptors (Lipinski definition) is 7. The monoisotopic (exact) mass is 884 g/mol. The topological polar surface area (TPSA) is 90.5 Å². The highest BCUT2D eigenvalue weighted by molar-refractivity contribution is 5.88. The van der Waals surface area contributed by atoms with Gasteiger partial charge in [-0.3, -0.25) is 0 Å². The lowest BCUT2D eigenvalue weighted by Gasteiger charge is -2.10. The molecule has 0 fully saturated rings. The van der Waals surface area contributed by atoms with Gasteiger partial charge in [0.25, 0.3) is 0 Å². The van der Waals surface area contributed by atoms with Crippen molar-refractivity contribution >= 4 is 28.2 Å². The zero-order valence-corrected chi connectivity index (χ0v) is 39.3. The molecule has 7 nitrogen and oxygen atoms in total. The Bertz CT molecular complexity index is 3360.